The van der Waals surface area contributed by atoms with Crippen LogP contribution in [0.2, 0.25) is 0 Å². The minimum Gasteiger partial charge on any atom is -0.380 e. The fourth-order valence-corrected chi connectivity index (χ4v) is 2.94. The molecule has 1 heterocycles. The van der Waals surface area contributed by atoms with Crippen LogP contribution in [-0.4, -0.2) is 19.8 Å². The van der Waals surface area contributed by atoms with Crippen LogP contribution in [0.15, 0.2) is 27.6 Å². The summed E-state index contributed by atoms with van der Waals surface area (Å²) >= 11 is 4.27. The average molecular weight is 339 g/mol. The molecular weight excluding hydrogens is 326 g/mol. The third kappa shape index (κ3) is 3.44. The van der Waals surface area contributed by atoms with Crippen LogP contribution in [0, 0.1) is 5.41 Å². The molecule has 1 aromatic carbocycles. The van der Waals surface area contributed by atoms with Gasteiger partial charge in [0, 0.05) is 32.4 Å². The van der Waals surface area contributed by atoms with Crippen molar-refractivity contribution < 1.29 is 17.7 Å². The van der Waals surface area contributed by atoms with Crippen LogP contribution < -0.4 is 0 Å². The van der Waals surface area contributed by atoms with E-state index in [9.17, 15) is 8.78 Å². The van der Waals surface area contributed by atoms with Crippen molar-refractivity contribution in [1.82, 2.24) is 0 Å². The van der Waals surface area contributed by atoms with Gasteiger partial charge in [0.05, 0.1) is 19.8 Å². The van der Waals surface area contributed by atoms with Crippen LogP contribution in [0.5, 0.6) is 0 Å². The molecule has 18 heavy (non-hydrogen) atoms. The van der Waals surface area contributed by atoms with Crippen LogP contribution in [0.1, 0.15) is 18.9 Å². The predicted octanol–water partition coefficient (Wildman–Crippen LogP) is 4.45. The topological polar surface area (TPSA) is 18.5 Å². The number of halogens is 3. The molecule has 1 saturated heterocycles. The molecule has 0 bridgehead atoms. The molecule has 1 aliphatic rings. The van der Waals surface area contributed by atoms with Crippen LogP contribution in [-0.2, 0) is 8.92 Å². The van der Waals surface area contributed by atoms with Crippen molar-refractivity contribution in [3.63, 3.8) is 0 Å². The largest absolute Gasteiger partial charge is 0.380 e. The van der Waals surface area contributed by atoms with Crippen molar-refractivity contribution in [2.75, 3.05) is 19.8 Å². The molecule has 1 fully saturated rings. The molecule has 0 radical (unpaired) electrons. The molecule has 0 aromatic heterocycles. The van der Waals surface area contributed by atoms with Crippen molar-refractivity contribution in [3.05, 3.63) is 28.2 Å². The van der Waals surface area contributed by atoms with Gasteiger partial charge in [-0.25, -0.2) is 8.78 Å². The normalized spacial score (nSPS) is 17.8. The Morgan fingerprint density at radius 3 is 2.78 bits per heavy atom. The fourth-order valence-electron chi connectivity index (χ4n) is 1.53. The van der Waals surface area contributed by atoms with E-state index in [0.717, 1.165) is 16.5 Å². The van der Waals surface area contributed by atoms with E-state index in [4.69, 9.17) is 8.92 Å². The van der Waals surface area contributed by atoms with Gasteiger partial charge in [-0.15, -0.1) is 0 Å². The van der Waals surface area contributed by atoms with Gasteiger partial charge in [-0.1, -0.05) is 28.9 Å². The molecule has 1 aliphatic heterocycles. The van der Waals surface area contributed by atoms with Crippen molar-refractivity contribution in [2.24, 2.45) is 5.41 Å². The second-order valence-electron chi connectivity index (χ2n) is 4.63. The van der Waals surface area contributed by atoms with Gasteiger partial charge in [-0.2, -0.15) is 0 Å². The van der Waals surface area contributed by atoms with E-state index >= 15 is 0 Å². The second-order valence-corrected chi connectivity index (χ2v) is 6.39. The lowest BCUT2D eigenvalue weighted by atomic mass is 9.90. The Hall–Kier alpha value is -0.170. The maximum atomic E-state index is 12.8. The van der Waals surface area contributed by atoms with E-state index < -0.39 is 6.43 Å². The highest BCUT2D eigenvalue weighted by atomic mass is 79.9. The first-order valence-electron chi connectivity index (χ1n) is 5.45. The molecule has 0 N–H and O–H groups in total. The zero-order chi connectivity index (χ0) is 13.2. The van der Waals surface area contributed by atoms with Crippen LogP contribution in [0.25, 0.3) is 0 Å². The van der Waals surface area contributed by atoms with E-state index in [1.54, 1.807) is 12.1 Å². The van der Waals surface area contributed by atoms with Crippen LogP contribution in [0.4, 0.5) is 8.78 Å². The van der Waals surface area contributed by atoms with E-state index in [-0.39, 0.29) is 11.0 Å². The number of rotatable bonds is 5. The molecule has 2 rings (SSSR count). The highest BCUT2D eigenvalue weighted by Crippen LogP contribution is 2.35. The summed E-state index contributed by atoms with van der Waals surface area (Å²) in [5.74, 6) is 0. The lowest BCUT2D eigenvalue weighted by Gasteiger charge is -2.37. The molecule has 0 amide bonds. The SMILES string of the molecule is CC1(COSc2cc(Br)ccc2C(F)F)COC1. The van der Waals surface area contributed by atoms with Crippen LogP contribution >= 0.6 is 28.0 Å². The summed E-state index contributed by atoms with van der Waals surface area (Å²) in [7, 11) is 0. The number of hydrogen-bond donors (Lipinski definition) is 0. The molecule has 1 aromatic rings. The lowest BCUT2D eigenvalue weighted by molar-refractivity contribution is -0.118. The third-order valence-corrected chi connectivity index (χ3v) is 3.93. The predicted molar refractivity (Wildman–Crippen MR) is 69.8 cm³/mol. The molecule has 0 aliphatic carbocycles. The average Bonchev–Trinajstić information content (AvgIpc) is 2.26. The van der Waals surface area contributed by atoms with Crippen molar-refractivity contribution in [2.45, 2.75) is 18.2 Å². The molecule has 100 valence electrons. The summed E-state index contributed by atoms with van der Waals surface area (Å²) in [5.41, 5.74) is 0.0162. The number of ether oxygens (including phenoxy) is 1. The van der Waals surface area contributed by atoms with Crippen molar-refractivity contribution in [1.29, 1.82) is 0 Å². The standard InChI is InChI=1S/C12H13BrF2O2S/c1-12(5-16-6-12)7-17-18-10-4-8(13)2-3-9(10)11(14)15/h2-4,11H,5-7H2,1H3. The number of alkyl halides is 2. The molecule has 6 heteroatoms. The Balaban J connectivity index is 1.97. The van der Waals surface area contributed by atoms with E-state index in [1.807, 2.05) is 6.92 Å². The number of benzene rings is 1. The summed E-state index contributed by atoms with van der Waals surface area (Å²) in [4.78, 5) is 0.447. The summed E-state index contributed by atoms with van der Waals surface area (Å²) in [6.45, 7) is 3.86. The second kappa shape index (κ2) is 5.86. The van der Waals surface area contributed by atoms with Gasteiger partial charge in [-0.05, 0) is 12.1 Å². The molecule has 0 saturated carbocycles. The minimum atomic E-state index is -2.49. The third-order valence-electron chi connectivity index (χ3n) is 2.67. The zero-order valence-electron chi connectivity index (χ0n) is 9.79. The zero-order valence-corrected chi connectivity index (χ0v) is 12.2. The first-order chi connectivity index (χ1) is 8.50. The number of hydrogen-bond acceptors (Lipinski definition) is 3. The molecule has 0 spiro atoms. The first-order valence-corrected chi connectivity index (χ1v) is 6.98. The quantitative estimate of drug-likeness (QED) is 0.739. The van der Waals surface area contributed by atoms with Crippen LogP contribution in [0.3, 0.4) is 0 Å². The first kappa shape index (κ1) is 14.2. The Morgan fingerprint density at radius 2 is 2.22 bits per heavy atom. The summed E-state index contributed by atoms with van der Waals surface area (Å²) in [6.07, 6.45) is -2.49. The van der Waals surface area contributed by atoms with Gasteiger partial charge in [0.2, 0.25) is 0 Å². The van der Waals surface area contributed by atoms with Gasteiger partial charge < -0.3 is 8.92 Å². The van der Waals surface area contributed by atoms with Gasteiger partial charge in [-0.3, -0.25) is 0 Å². The Labute approximate surface area is 117 Å². The van der Waals surface area contributed by atoms with Gasteiger partial charge in [0.15, 0.2) is 0 Å². The molecule has 2 nitrogen and oxygen atoms in total. The van der Waals surface area contributed by atoms with Gasteiger partial charge in [0.1, 0.15) is 0 Å². The van der Waals surface area contributed by atoms with E-state index in [0.29, 0.717) is 24.7 Å². The molecule has 0 atom stereocenters. The molecule has 0 unspecified atom stereocenters. The smallest absolute Gasteiger partial charge is 0.265 e. The van der Waals surface area contributed by atoms with Crippen molar-refractivity contribution in [3.8, 4) is 0 Å². The fraction of sp³-hybridized carbons (Fsp3) is 0.500. The van der Waals surface area contributed by atoms with Gasteiger partial charge >= 0.3 is 0 Å². The Bertz CT molecular complexity index is 425. The van der Waals surface area contributed by atoms with Gasteiger partial charge in [0.25, 0.3) is 6.43 Å². The van der Waals surface area contributed by atoms with Crippen molar-refractivity contribution >= 4 is 28.0 Å². The maximum Gasteiger partial charge on any atom is 0.265 e. The Morgan fingerprint density at radius 1 is 1.50 bits per heavy atom. The summed E-state index contributed by atoms with van der Waals surface area (Å²) < 4.78 is 36.9. The Kier molecular flexibility index (Phi) is 4.64. The highest BCUT2D eigenvalue weighted by Gasteiger charge is 2.34. The summed E-state index contributed by atoms with van der Waals surface area (Å²) in [6, 6.07) is 4.66. The van der Waals surface area contributed by atoms with E-state index in [1.165, 1.54) is 6.07 Å². The minimum absolute atomic E-state index is 0.00166. The lowest BCUT2D eigenvalue weighted by Crippen LogP contribution is -2.43. The maximum absolute atomic E-state index is 12.8. The molecular formula is C12H13BrF2O2S. The highest BCUT2D eigenvalue weighted by molar-refractivity contribution is 9.10. The monoisotopic (exact) mass is 338 g/mol. The van der Waals surface area contributed by atoms with E-state index in [2.05, 4.69) is 15.9 Å². The summed E-state index contributed by atoms with van der Waals surface area (Å²) in [5, 5.41) is 0.